The number of anilines is 1. The van der Waals surface area contributed by atoms with Gasteiger partial charge in [-0.1, -0.05) is 24.4 Å². The summed E-state index contributed by atoms with van der Waals surface area (Å²) in [6, 6.07) is 0.532. The molecule has 0 unspecified atom stereocenters. The summed E-state index contributed by atoms with van der Waals surface area (Å²) in [4.78, 5) is 37.6. The molecule has 0 radical (unpaired) electrons. The highest BCUT2D eigenvalue weighted by Gasteiger charge is 2.55. The number of aryl methyl sites for hydroxylation is 1. The van der Waals surface area contributed by atoms with E-state index < -0.39 is 17.4 Å². The first kappa shape index (κ1) is 24.2. The minimum absolute atomic E-state index is 0.0680. The van der Waals surface area contributed by atoms with Crippen LogP contribution in [0.25, 0.3) is 11.0 Å². The average molecular weight is 508 g/mol. The molecule has 0 spiro atoms. The van der Waals surface area contributed by atoms with Gasteiger partial charge in [-0.15, -0.1) is 0 Å². The van der Waals surface area contributed by atoms with E-state index in [2.05, 4.69) is 26.2 Å². The molecular formula is C27H37N7O3. The summed E-state index contributed by atoms with van der Waals surface area (Å²) < 4.78 is 1.88. The molecule has 0 aromatic carbocycles. The van der Waals surface area contributed by atoms with E-state index in [0.717, 1.165) is 73.7 Å². The molecule has 0 saturated heterocycles. The van der Waals surface area contributed by atoms with Crippen LogP contribution in [-0.4, -0.2) is 56.0 Å². The number of amides is 2. The van der Waals surface area contributed by atoms with Crippen LogP contribution < -0.4 is 16.0 Å². The molecule has 1 aliphatic heterocycles. The van der Waals surface area contributed by atoms with Crippen LogP contribution in [0.1, 0.15) is 89.5 Å². The molecule has 0 bridgehead atoms. The van der Waals surface area contributed by atoms with Gasteiger partial charge in [0.25, 0.3) is 17.4 Å². The number of carbonyl (C=O) groups is 2. The van der Waals surface area contributed by atoms with Crippen molar-refractivity contribution in [3.8, 4) is 0 Å². The summed E-state index contributed by atoms with van der Waals surface area (Å²) in [5, 5.41) is 19.7. The van der Waals surface area contributed by atoms with E-state index in [1.54, 1.807) is 6.20 Å². The van der Waals surface area contributed by atoms with Crippen molar-refractivity contribution in [2.45, 2.75) is 114 Å². The molecule has 10 nitrogen and oxygen atoms in total. The Kier molecular flexibility index (Phi) is 6.50. The Morgan fingerprint density at radius 2 is 1.59 bits per heavy atom. The van der Waals surface area contributed by atoms with Gasteiger partial charge in [-0.2, -0.15) is 5.10 Å². The van der Waals surface area contributed by atoms with Crippen LogP contribution in [-0.2, 0) is 21.0 Å². The molecule has 3 fully saturated rings. The zero-order chi connectivity index (χ0) is 25.4. The number of nitrogens with one attached hydrogen (secondary N) is 3. The minimum atomic E-state index is -1.70. The summed E-state index contributed by atoms with van der Waals surface area (Å²) in [5.41, 5.74) is 1.34. The van der Waals surface area contributed by atoms with Gasteiger partial charge < -0.3 is 20.8 Å². The van der Waals surface area contributed by atoms with E-state index in [0.29, 0.717) is 18.3 Å². The standard InChI is InChI=1S/C27H37N7O3/c1-2-34-24-21(16-29-34)23(30-17-8-4-3-5-9-17)20(15-28-24)22-14-27(37-33-22,25(35)31-18-10-6-11-18)26(36)32-19-12-7-13-19/h15-19H,2-14H2,1H3,(H,28,30)(H,31,35)(H,32,36). The molecule has 3 N–H and O–H groups in total. The molecular weight excluding hydrogens is 470 g/mol. The van der Waals surface area contributed by atoms with E-state index in [1.807, 2.05) is 17.8 Å². The Morgan fingerprint density at radius 3 is 2.19 bits per heavy atom. The molecule has 4 aliphatic rings. The number of oxime groups is 1. The van der Waals surface area contributed by atoms with Crippen molar-refractivity contribution < 1.29 is 14.4 Å². The number of fused-ring (bicyclic) bond motifs is 1. The van der Waals surface area contributed by atoms with Gasteiger partial charge in [0.15, 0.2) is 5.65 Å². The average Bonchev–Trinajstić information content (AvgIpc) is 3.50. The second-order valence-electron chi connectivity index (χ2n) is 11.1. The molecule has 6 rings (SSSR count). The van der Waals surface area contributed by atoms with Gasteiger partial charge in [-0.25, -0.2) is 9.67 Å². The van der Waals surface area contributed by atoms with Crippen molar-refractivity contribution in [1.29, 1.82) is 0 Å². The third-order valence-electron chi connectivity index (χ3n) is 8.57. The first-order valence-corrected chi connectivity index (χ1v) is 14.1. The fourth-order valence-corrected chi connectivity index (χ4v) is 5.72. The molecule has 37 heavy (non-hydrogen) atoms. The van der Waals surface area contributed by atoms with Crippen LogP contribution >= 0.6 is 0 Å². The number of hydrogen-bond donors (Lipinski definition) is 3. The number of nitrogens with zero attached hydrogens (tertiary/aromatic N) is 4. The first-order chi connectivity index (χ1) is 18.1. The number of rotatable bonds is 8. The van der Waals surface area contributed by atoms with Crippen molar-refractivity contribution in [1.82, 2.24) is 25.4 Å². The summed E-state index contributed by atoms with van der Waals surface area (Å²) in [6.45, 7) is 2.76. The van der Waals surface area contributed by atoms with Gasteiger partial charge >= 0.3 is 0 Å². The quantitative estimate of drug-likeness (QED) is 0.471. The van der Waals surface area contributed by atoms with Gasteiger partial charge in [0.1, 0.15) is 0 Å². The van der Waals surface area contributed by atoms with Gasteiger partial charge in [-0.3, -0.25) is 9.59 Å². The molecule has 3 aliphatic carbocycles. The molecule has 198 valence electrons. The number of pyridine rings is 1. The van der Waals surface area contributed by atoms with Gasteiger partial charge in [-0.05, 0) is 58.3 Å². The summed E-state index contributed by atoms with van der Waals surface area (Å²) in [5.74, 6) is -0.801. The zero-order valence-electron chi connectivity index (χ0n) is 21.6. The summed E-state index contributed by atoms with van der Waals surface area (Å²) >= 11 is 0. The lowest BCUT2D eigenvalue weighted by Crippen LogP contribution is -2.61. The van der Waals surface area contributed by atoms with Crippen molar-refractivity contribution in [2.24, 2.45) is 5.16 Å². The van der Waals surface area contributed by atoms with Crippen molar-refractivity contribution in [3.05, 3.63) is 18.0 Å². The third-order valence-corrected chi connectivity index (χ3v) is 8.57. The fraction of sp³-hybridized carbons (Fsp3) is 0.667. The SMILES string of the molecule is CCn1ncc2c(NC3CCCCC3)c(C3=NOC(C(=O)NC4CCC4)(C(=O)NC4CCC4)C3)cnc21. The maximum Gasteiger partial charge on any atom is 0.297 e. The van der Waals surface area contributed by atoms with Crippen molar-refractivity contribution in [2.75, 3.05) is 5.32 Å². The lowest BCUT2D eigenvalue weighted by molar-refractivity contribution is -0.159. The second-order valence-corrected chi connectivity index (χ2v) is 11.1. The molecule has 2 amide bonds. The fourth-order valence-electron chi connectivity index (χ4n) is 5.72. The van der Waals surface area contributed by atoms with E-state index >= 15 is 0 Å². The van der Waals surface area contributed by atoms with E-state index in [1.165, 1.54) is 19.3 Å². The maximum atomic E-state index is 13.5. The summed E-state index contributed by atoms with van der Waals surface area (Å²) in [6.07, 6.45) is 15.4. The topological polar surface area (TPSA) is 123 Å². The van der Waals surface area contributed by atoms with E-state index in [4.69, 9.17) is 9.82 Å². The molecule has 2 aromatic heterocycles. The Morgan fingerprint density at radius 1 is 0.946 bits per heavy atom. The third kappa shape index (κ3) is 4.44. The highest BCUT2D eigenvalue weighted by Crippen LogP contribution is 2.36. The Labute approximate surface area is 217 Å². The van der Waals surface area contributed by atoms with Crippen LogP contribution in [0.5, 0.6) is 0 Å². The van der Waals surface area contributed by atoms with Crippen LogP contribution in [0.2, 0.25) is 0 Å². The van der Waals surface area contributed by atoms with Crippen molar-refractivity contribution in [3.63, 3.8) is 0 Å². The maximum absolute atomic E-state index is 13.5. The Balaban J connectivity index is 1.33. The lowest BCUT2D eigenvalue weighted by atomic mass is 9.87. The van der Waals surface area contributed by atoms with Crippen LogP contribution in [0.15, 0.2) is 17.5 Å². The van der Waals surface area contributed by atoms with E-state index in [-0.39, 0.29) is 18.5 Å². The van der Waals surface area contributed by atoms with E-state index in [9.17, 15) is 9.59 Å². The number of hydrogen-bond acceptors (Lipinski definition) is 7. The molecule has 2 aromatic rings. The predicted molar refractivity (Wildman–Crippen MR) is 140 cm³/mol. The Hall–Kier alpha value is -3.17. The van der Waals surface area contributed by atoms with Crippen LogP contribution in [0, 0.1) is 0 Å². The van der Waals surface area contributed by atoms with Gasteiger partial charge in [0.2, 0.25) is 0 Å². The predicted octanol–water partition coefficient (Wildman–Crippen LogP) is 3.40. The highest BCUT2D eigenvalue weighted by molar-refractivity contribution is 6.18. The monoisotopic (exact) mass is 507 g/mol. The Bertz CT molecular complexity index is 1180. The molecule has 10 heteroatoms. The molecule has 3 saturated carbocycles. The highest BCUT2D eigenvalue weighted by atomic mass is 16.7. The number of aromatic nitrogens is 3. The largest absolute Gasteiger partial charge is 0.381 e. The smallest absolute Gasteiger partial charge is 0.297 e. The molecule has 3 heterocycles. The summed E-state index contributed by atoms with van der Waals surface area (Å²) in [7, 11) is 0. The zero-order valence-corrected chi connectivity index (χ0v) is 21.6. The van der Waals surface area contributed by atoms with Gasteiger partial charge in [0.05, 0.1) is 29.4 Å². The van der Waals surface area contributed by atoms with Gasteiger partial charge in [0, 0.05) is 36.4 Å². The second kappa shape index (κ2) is 9.95. The first-order valence-electron chi connectivity index (χ1n) is 14.1. The minimum Gasteiger partial charge on any atom is -0.381 e. The number of carbonyl (C=O) groups excluding carboxylic acids is 2. The van der Waals surface area contributed by atoms with Crippen LogP contribution in [0.3, 0.4) is 0 Å². The lowest BCUT2D eigenvalue weighted by Gasteiger charge is -2.34. The molecule has 0 atom stereocenters. The normalized spacial score (nSPS) is 22.0. The van der Waals surface area contributed by atoms with Crippen LogP contribution in [0.4, 0.5) is 5.69 Å². The van der Waals surface area contributed by atoms with Crippen molar-refractivity contribution >= 4 is 34.2 Å².